The summed E-state index contributed by atoms with van der Waals surface area (Å²) in [6.45, 7) is 6.47. The van der Waals surface area contributed by atoms with Crippen molar-refractivity contribution in [2.75, 3.05) is 19.6 Å². The van der Waals surface area contributed by atoms with Crippen molar-refractivity contribution in [2.45, 2.75) is 26.7 Å². The van der Waals surface area contributed by atoms with Crippen molar-refractivity contribution in [2.24, 2.45) is 5.41 Å². The third kappa shape index (κ3) is 4.08. The highest BCUT2D eigenvalue weighted by Gasteiger charge is 2.27. The molecule has 0 aromatic carbocycles. The van der Waals surface area contributed by atoms with Crippen LogP contribution < -0.4 is 16.2 Å². The number of rotatable bonds is 3. The number of aryl methyl sites for hydroxylation is 1. The average Bonchev–Trinajstić information content (AvgIpc) is 2.37. The third-order valence-corrected chi connectivity index (χ3v) is 3.66. The molecule has 0 spiro atoms. The van der Waals surface area contributed by atoms with Gasteiger partial charge in [0.1, 0.15) is 5.56 Å². The maximum Gasteiger partial charge on any atom is 0.260 e. The summed E-state index contributed by atoms with van der Waals surface area (Å²) in [6, 6.07) is 3.31. The molecule has 1 unspecified atom stereocenters. The topological polar surface area (TPSA) is 74.0 Å². The normalized spacial score (nSPS) is 21.9. The first-order chi connectivity index (χ1) is 9.00. The highest BCUT2D eigenvalue weighted by Crippen LogP contribution is 2.24. The van der Waals surface area contributed by atoms with Gasteiger partial charge in [-0.3, -0.25) is 9.59 Å². The number of hydrogen-bond acceptors (Lipinski definition) is 3. The summed E-state index contributed by atoms with van der Waals surface area (Å²) in [5.74, 6) is -0.298. The molecule has 0 saturated carbocycles. The van der Waals surface area contributed by atoms with E-state index in [1.807, 2.05) is 0 Å². The number of H-pyrrole nitrogens is 1. The molecule has 20 heavy (non-hydrogen) atoms. The molecule has 2 rings (SSSR count). The fraction of sp³-hybridized carbons (Fsp3) is 0.571. The molecule has 1 aromatic heterocycles. The summed E-state index contributed by atoms with van der Waals surface area (Å²) < 4.78 is 0. The quantitative estimate of drug-likeness (QED) is 0.786. The zero-order valence-electron chi connectivity index (χ0n) is 11.9. The second-order valence-electron chi connectivity index (χ2n) is 5.66. The van der Waals surface area contributed by atoms with Gasteiger partial charge in [-0.15, -0.1) is 12.4 Å². The second-order valence-corrected chi connectivity index (χ2v) is 5.66. The van der Waals surface area contributed by atoms with Crippen LogP contribution in [-0.2, 0) is 0 Å². The standard InChI is InChI=1S/C14H21N3O2.ClH/c1-10-4-5-11(13(19)17-10)12(18)16-9-14(2)6-3-7-15-8-14;/h4-5,15H,3,6-9H2,1-2H3,(H,16,18)(H,17,19);1H. The number of carbonyl (C=O) groups is 1. The molecule has 1 aliphatic heterocycles. The highest BCUT2D eigenvalue weighted by molar-refractivity contribution is 5.93. The molecule has 0 radical (unpaired) electrons. The van der Waals surface area contributed by atoms with E-state index in [1.54, 1.807) is 19.1 Å². The van der Waals surface area contributed by atoms with E-state index in [4.69, 9.17) is 0 Å². The molecule has 1 fully saturated rings. The van der Waals surface area contributed by atoms with Crippen molar-refractivity contribution in [1.29, 1.82) is 0 Å². The molecule has 1 aliphatic rings. The number of piperidine rings is 1. The minimum atomic E-state index is -0.329. The van der Waals surface area contributed by atoms with Gasteiger partial charge in [-0.2, -0.15) is 0 Å². The number of hydrogen-bond donors (Lipinski definition) is 3. The van der Waals surface area contributed by atoms with Crippen LogP contribution in [0.3, 0.4) is 0 Å². The molecule has 1 aromatic rings. The van der Waals surface area contributed by atoms with E-state index in [0.29, 0.717) is 6.54 Å². The van der Waals surface area contributed by atoms with Crippen LogP contribution in [0.1, 0.15) is 35.8 Å². The lowest BCUT2D eigenvalue weighted by Gasteiger charge is -2.34. The van der Waals surface area contributed by atoms with Crippen LogP contribution in [0.2, 0.25) is 0 Å². The van der Waals surface area contributed by atoms with E-state index in [9.17, 15) is 9.59 Å². The van der Waals surface area contributed by atoms with Gasteiger partial charge in [-0.05, 0) is 43.9 Å². The van der Waals surface area contributed by atoms with Crippen molar-refractivity contribution in [3.8, 4) is 0 Å². The first-order valence-corrected chi connectivity index (χ1v) is 6.69. The van der Waals surface area contributed by atoms with Gasteiger partial charge in [-0.25, -0.2) is 0 Å². The predicted octanol–water partition coefficient (Wildman–Crippen LogP) is 1.22. The molecule has 0 aliphatic carbocycles. The van der Waals surface area contributed by atoms with Crippen molar-refractivity contribution < 1.29 is 4.79 Å². The number of amides is 1. The van der Waals surface area contributed by atoms with E-state index >= 15 is 0 Å². The highest BCUT2D eigenvalue weighted by atomic mass is 35.5. The SMILES string of the molecule is Cc1ccc(C(=O)NCC2(C)CCCNC2)c(=O)[nH]1.Cl. The number of pyridine rings is 1. The van der Waals surface area contributed by atoms with Crippen LogP contribution in [0, 0.1) is 12.3 Å². The number of halogens is 1. The van der Waals surface area contributed by atoms with E-state index in [2.05, 4.69) is 22.5 Å². The van der Waals surface area contributed by atoms with Gasteiger partial charge in [0.05, 0.1) is 0 Å². The van der Waals surface area contributed by atoms with Gasteiger partial charge in [0.25, 0.3) is 11.5 Å². The predicted molar refractivity (Wildman–Crippen MR) is 81.6 cm³/mol. The lowest BCUT2D eigenvalue weighted by molar-refractivity contribution is 0.0923. The Morgan fingerprint density at radius 1 is 1.45 bits per heavy atom. The van der Waals surface area contributed by atoms with Crippen LogP contribution in [0.25, 0.3) is 0 Å². The van der Waals surface area contributed by atoms with E-state index < -0.39 is 0 Å². The number of carbonyl (C=O) groups excluding carboxylic acids is 1. The molecule has 1 saturated heterocycles. The Bertz CT molecular complexity index is 521. The summed E-state index contributed by atoms with van der Waals surface area (Å²) in [5, 5.41) is 6.21. The van der Waals surface area contributed by atoms with E-state index in [0.717, 1.165) is 31.6 Å². The lowest BCUT2D eigenvalue weighted by Crippen LogP contribution is -2.46. The molecule has 1 amide bonds. The Kier molecular flexibility index (Phi) is 5.77. The minimum absolute atomic E-state index is 0. The Labute approximate surface area is 125 Å². The van der Waals surface area contributed by atoms with Crippen LogP contribution >= 0.6 is 12.4 Å². The summed E-state index contributed by atoms with van der Waals surface area (Å²) in [6.07, 6.45) is 2.21. The number of aromatic amines is 1. The van der Waals surface area contributed by atoms with Crippen molar-refractivity contribution in [3.63, 3.8) is 0 Å². The molecular weight excluding hydrogens is 278 g/mol. The lowest BCUT2D eigenvalue weighted by atomic mass is 9.83. The molecule has 5 nitrogen and oxygen atoms in total. The van der Waals surface area contributed by atoms with Gasteiger partial charge in [0.15, 0.2) is 0 Å². The molecule has 1 atom stereocenters. The Hall–Kier alpha value is -1.33. The Morgan fingerprint density at radius 3 is 2.80 bits per heavy atom. The summed E-state index contributed by atoms with van der Waals surface area (Å²) >= 11 is 0. The maximum absolute atomic E-state index is 12.0. The Morgan fingerprint density at radius 2 is 2.20 bits per heavy atom. The minimum Gasteiger partial charge on any atom is -0.351 e. The fourth-order valence-electron chi connectivity index (χ4n) is 2.41. The molecule has 0 bridgehead atoms. The van der Waals surface area contributed by atoms with Gasteiger partial charge >= 0.3 is 0 Å². The first-order valence-electron chi connectivity index (χ1n) is 6.69. The van der Waals surface area contributed by atoms with Crippen LogP contribution in [-0.4, -0.2) is 30.5 Å². The molecule has 112 valence electrons. The van der Waals surface area contributed by atoms with Gasteiger partial charge in [0.2, 0.25) is 0 Å². The number of nitrogens with one attached hydrogen (secondary N) is 3. The average molecular weight is 300 g/mol. The smallest absolute Gasteiger partial charge is 0.260 e. The zero-order chi connectivity index (χ0) is 13.9. The molecule has 3 N–H and O–H groups in total. The molecule has 2 heterocycles. The maximum atomic E-state index is 12.0. The largest absolute Gasteiger partial charge is 0.351 e. The summed E-state index contributed by atoms with van der Waals surface area (Å²) in [5.41, 5.74) is 0.679. The molecule has 6 heteroatoms. The van der Waals surface area contributed by atoms with Crippen molar-refractivity contribution in [1.82, 2.24) is 15.6 Å². The second kappa shape index (κ2) is 6.90. The van der Waals surface area contributed by atoms with Gasteiger partial charge in [-0.1, -0.05) is 6.92 Å². The van der Waals surface area contributed by atoms with Crippen LogP contribution in [0.15, 0.2) is 16.9 Å². The van der Waals surface area contributed by atoms with E-state index in [-0.39, 0.29) is 34.9 Å². The monoisotopic (exact) mass is 299 g/mol. The first kappa shape index (κ1) is 16.7. The third-order valence-electron chi connectivity index (χ3n) is 3.66. The summed E-state index contributed by atoms with van der Waals surface area (Å²) in [7, 11) is 0. The van der Waals surface area contributed by atoms with Crippen LogP contribution in [0.5, 0.6) is 0 Å². The van der Waals surface area contributed by atoms with Gasteiger partial charge in [0, 0.05) is 18.8 Å². The van der Waals surface area contributed by atoms with Crippen LogP contribution in [0.4, 0.5) is 0 Å². The van der Waals surface area contributed by atoms with Crippen molar-refractivity contribution in [3.05, 3.63) is 33.7 Å². The van der Waals surface area contributed by atoms with Crippen molar-refractivity contribution >= 4 is 18.3 Å². The zero-order valence-corrected chi connectivity index (χ0v) is 12.7. The summed E-state index contributed by atoms with van der Waals surface area (Å²) in [4.78, 5) is 26.3. The fourth-order valence-corrected chi connectivity index (χ4v) is 2.41. The Balaban J connectivity index is 0.00000200. The molecular formula is C14H22ClN3O2. The van der Waals surface area contributed by atoms with Gasteiger partial charge < -0.3 is 15.6 Å². The van der Waals surface area contributed by atoms with E-state index in [1.165, 1.54) is 0 Å². The number of aromatic nitrogens is 1.